The van der Waals surface area contributed by atoms with Crippen molar-refractivity contribution in [2.45, 2.75) is 50.3 Å². The van der Waals surface area contributed by atoms with Gasteiger partial charge in [0.1, 0.15) is 0 Å². The Balaban J connectivity index is 1.84. The zero-order valence-corrected chi connectivity index (χ0v) is 18.2. The van der Waals surface area contributed by atoms with Crippen LogP contribution in [-0.4, -0.2) is 61.0 Å². The number of sulfone groups is 1. The van der Waals surface area contributed by atoms with Crippen molar-refractivity contribution in [1.82, 2.24) is 19.4 Å². The summed E-state index contributed by atoms with van der Waals surface area (Å²) in [5.41, 5.74) is 1.77. The monoisotopic (exact) mass is 404 g/mol. The molecule has 0 bridgehead atoms. The highest BCUT2D eigenvalue weighted by Crippen LogP contribution is 2.22. The molecule has 0 unspecified atom stereocenters. The lowest BCUT2D eigenvalue weighted by Gasteiger charge is -2.21. The summed E-state index contributed by atoms with van der Waals surface area (Å²) in [4.78, 5) is 9.03. The number of benzene rings is 1. The molecule has 1 aromatic heterocycles. The van der Waals surface area contributed by atoms with E-state index in [0.717, 1.165) is 37.3 Å². The highest BCUT2D eigenvalue weighted by atomic mass is 32.2. The van der Waals surface area contributed by atoms with Gasteiger partial charge in [0.25, 0.3) is 0 Å². The van der Waals surface area contributed by atoms with Crippen LogP contribution < -0.4 is 0 Å². The van der Waals surface area contributed by atoms with Gasteiger partial charge >= 0.3 is 0 Å². The van der Waals surface area contributed by atoms with Crippen molar-refractivity contribution in [2.75, 3.05) is 27.2 Å². The number of aromatic nitrogens is 2. The summed E-state index contributed by atoms with van der Waals surface area (Å²) in [6, 6.07) is 9.88. The van der Waals surface area contributed by atoms with Gasteiger partial charge in [-0.15, -0.1) is 0 Å². The number of imidazole rings is 1. The lowest BCUT2D eigenvalue weighted by atomic mass is 10.2. The van der Waals surface area contributed by atoms with Crippen molar-refractivity contribution >= 4 is 9.84 Å². The molecule has 7 heteroatoms. The molecule has 0 N–H and O–H groups in total. The molecule has 1 aliphatic rings. The van der Waals surface area contributed by atoms with Gasteiger partial charge in [0.2, 0.25) is 15.0 Å². The van der Waals surface area contributed by atoms with Crippen LogP contribution in [0.25, 0.3) is 0 Å². The van der Waals surface area contributed by atoms with Crippen molar-refractivity contribution in [2.24, 2.45) is 5.92 Å². The molecule has 2 heterocycles. The maximum atomic E-state index is 13.1. The maximum Gasteiger partial charge on any atom is 0.228 e. The molecule has 1 atom stereocenters. The van der Waals surface area contributed by atoms with Gasteiger partial charge in [0.15, 0.2) is 0 Å². The first-order valence-corrected chi connectivity index (χ1v) is 11.6. The maximum absolute atomic E-state index is 13.1. The Morgan fingerprint density at radius 3 is 2.54 bits per heavy atom. The first-order chi connectivity index (χ1) is 13.3. The summed E-state index contributed by atoms with van der Waals surface area (Å²) in [7, 11) is 0.732. The lowest BCUT2D eigenvalue weighted by Crippen LogP contribution is -2.31. The summed E-state index contributed by atoms with van der Waals surface area (Å²) in [6.45, 7) is 7.65. The minimum absolute atomic E-state index is 0.0190. The second kappa shape index (κ2) is 8.76. The summed E-state index contributed by atoms with van der Waals surface area (Å²) >= 11 is 0. The van der Waals surface area contributed by atoms with E-state index < -0.39 is 9.84 Å². The van der Waals surface area contributed by atoms with Crippen molar-refractivity contribution < 1.29 is 8.42 Å². The average molecular weight is 405 g/mol. The second-order valence-electron chi connectivity index (χ2n) is 8.42. The van der Waals surface area contributed by atoms with E-state index >= 15 is 0 Å². The van der Waals surface area contributed by atoms with Gasteiger partial charge in [-0.2, -0.15) is 0 Å². The van der Waals surface area contributed by atoms with Gasteiger partial charge in [-0.3, -0.25) is 4.90 Å². The number of hydrogen-bond donors (Lipinski definition) is 0. The van der Waals surface area contributed by atoms with Crippen molar-refractivity contribution in [3.05, 3.63) is 47.8 Å². The quantitative estimate of drug-likeness (QED) is 0.677. The fraction of sp³-hybridized carbons (Fsp3) is 0.571. The van der Waals surface area contributed by atoms with Crippen LogP contribution in [0.15, 0.2) is 41.7 Å². The molecule has 0 spiro atoms. The first-order valence-electron chi connectivity index (χ1n) is 9.96. The van der Waals surface area contributed by atoms with E-state index in [9.17, 15) is 8.42 Å². The van der Waals surface area contributed by atoms with Crippen LogP contribution in [0.2, 0.25) is 0 Å². The number of rotatable bonds is 8. The molecular weight excluding hydrogens is 372 g/mol. The summed E-state index contributed by atoms with van der Waals surface area (Å²) in [5.74, 6) is 0.321. The van der Waals surface area contributed by atoms with Crippen LogP contribution in [-0.2, 0) is 28.7 Å². The molecule has 2 aromatic rings. The molecule has 1 fully saturated rings. The fourth-order valence-corrected chi connectivity index (χ4v) is 5.29. The second-order valence-corrected chi connectivity index (χ2v) is 10.3. The van der Waals surface area contributed by atoms with E-state index in [1.807, 2.05) is 34.9 Å². The van der Waals surface area contributed by atoms with E-state index in [1.54, 1.807) is 6.20 Å². The van der Waals surface area contributed by atoms with Crippen LogP contribution in [0.3, 0.4) is 0 Å². The van der Waals surface area contributed by atoms with E-state index in [1.165, 1.54) is 0 Å². The smallest absolute Gasteiger partial charge is 0.228 e. The minimum Gasteiger partial charge on any atom is -0.317 e. The zero-order chi connectivity index (χ0) is 20.3. The van der Waals surface area contributed by atoms with Crippen LogP contribution in [0.5, 0.6) is 0 Å². The summed E-state index contributed by atoms with van der Waals surface area (Å²) in [5, 5.41) is 0.198. The predicted octanol–water partition coefficient (Wildman–Crippen LogP) is 2.65. The Labute approximate surface area is 169 Å². The van der Waals surface area contributed by atoms with Gasteiger partial charge in [-0.05, 0) is 32.0 Å². The fourth-order valence-electron chi connectivity index (χ4n) is 3.79. The third-order valence-corrected chi connectivity index (χ3v) is 6.89. The highest BCUT2D eigenvalue weighted by Gasteiger charge is 2.28. The Morgan fingerprint density at radius 1 is 1.21 bits per heavy atom. The normalized spacial score (nSPS) is 18.4. The molecule has 1 aliphatic heterocycles. The molecule has 0 amide bonds. The minimum atomic E-state index is -3.50. The van der Waals surface area contributed by atoms with Gasteiger partial charge in [-0.25, -0.2) is 13.4 Å². The van der Waals surface area contributed by atoms with Crippen LogP contribution in [0, 0.1) is 5.92 Å². The molecule has 28 heavy (non-hydrogen) atoms. The van der Waals surface area contributed by atoms with E-state index in [-0.39, 0.29) is 10.9 Å². The van der Waals surface area contributed by atoms with Crippen molar-refractivity contribution in [3.8, 4) is 0 Å². The topological polar surface area (TPSA) is 58.4 Å². The van der Waals surface area contributed by atoms with Gasteiger partial charge < -0.3 is 9.47 Å². The van der Waals surface area contributed by atoms with Crippen LogP contribution in [0.4, 0.5) is 0 Å². The summed E-state index contributed by atoms with van der Waals surface area (Å²) in [6.07, 6.45) is 2.90. The third-order valence-electron chi connectivity index (χ3n) is 5.29. The Bertz CT molecular complexity index is 875. The highest BCUT2D eigenvalue weighted by molar-refractivity contribution is 7.90. The number of likely N-dealkylation sites (tertiary alicyclic amines) is 1. The molecule has 3 rings (SSSR count). The van der Waals surface area contributed by atoms with Gasteiger partial charge in [-0.1, -0.05) is 44.2 Å². The third kappa shape index (κ3) is 5.01. The summed E-state index contributed by atoms with van der Waals surface area (Å²) < 4.78 is 28.1. The standard InChI is InChI=1S/C21H32N4O2S/c1-17(2)13-25-20(15-24-11-10-19(14-24)23(3)4)12-22-21(25)28(26,27)16-18-8-6-5-7-9-18/h5-9,12,17,19H,10-11,13-16H2,1-4H3/t19-/m1/s1. The Morgan fingerprint density at radius 2 is 1.93 bits per heavy atom. The van der Waals surface area contributed by atoms with Crippen LogP contribution in [0.1, 0.15) is 31.5 Å². The van der Waals surface area contributed by atoms with Crippen LogP contribution >= 0.6 is 0 Å². The Kier molecular flexibility index (Phi) is 6.58. The van der Waals surface area contributed by atoms with Gasteiger partial charge in [0.05, 0.1) is 17.6 Å². The zero-order valence-electron chi connectivity index (χ0n) is 17.4. The molecule has 1 aromatic carbocycles. The number of likely N-dealkylation sites (N-methyl/N-ethyl adjacent to an activating group) is 1. The molecule has 1 saturated heterocycles. The van der Waals surface area contributed by atoms with E-state index in [2.05, 4.69) is 42.7 Å². The van der Waals surface area contributed by atoms with Crippen molar-refractivity contribution in [1.29, 1.82) is 0 Å². The van der Waals surface area contributed by atoms with E-state index in [0.29, 0.717) is 18.5 Å². The molecule has 154 valence electrons. The molecular formula is C21H32N4O2S. The SMILES string of the molecule is CC(C)Cn1c(CN2CC[C@@H](N(C)C)C2)cnc1S(=O)(=O)Cc1ccccc1. The molecule has 0 aliphatic carbocycles. The number of nitrogens with zero attached hydrogens (tertiary/aromatic N) is 4. The number of hydrogen-bond acceptors (Lipinski definition) is 5. The molecule has 6 nitrogen and oxygen atoms in total. The lowest BCUT2D eigenvalue weighted by molar-refractivity contribution is 0.259. The van der Waals surface area contributed by atoms with Gasteiger partial charge in [0, 0.05) is 32.2 Å². The van der Waals surface area contributed by atoms with Crippen molar-refractivity contribution in [3.63, 3.8) is 0 Å². The van der Waals surface area contributed by atoms with E-state index in [4.69, 9.17) is 0 Å². The predicted molar refractivity (Wildman–Crippen MR) is 112 cm³/mol. The Hall–Kier alpha value is -1.70. The molecule has 0 radical (unpaired) electrons. The first kappa shape index (κ1) is 21.0. The average Bonchev–Trinajstić information content (AvgIpc) is 3.23. The largest absolute Gasteiger partial charge is 0.317 e. The molecule has 0 saturated carbocycles.